The normalized spacial score (nSPS) is 17.1. The van der Waals surface area contributed by atoms with Crippen molar-refractivity contribution in [2.75, 3.05) is 11.4 Å². The van der Waals surface area contributed by atoms with Gasteiger partial charge in [0.1, 0.15) is 0 Å². The van der Waals surface area contributed by atoms with Crippen LogP contribution in [0, 0.1) is 17.3 Å². The fourth-order valence-electron chi connectivity index (χ4n) is 2.11. The van der Waals surface area contributed by atoms with E-state index >= 15 is 0 Å². The molecule has 0 aliphatic carbocycles. The molecule has 0 radical (unpaired) electrons. The molecule has 0 aromatic heterocycles. The molecule has 1 aliphatic heterocycles. The number of halogens is 1. The summed E-state index contributed by atoms with van der Waals surface area (Å²) in [4.78, 5) is 25.5. The van der Waals surface area contributed by atoms with Crippen LogP contribution in [0.15, 0.2) is 18.2 Å². The number of anilines is 1. The van der Waals surface area contributed by atoms with Crippen LogP contribution in [0.4, 0.5) is 5.69 Å². The standard InChI is InChI=1S/C15H15ClN2O2/c1-15(2)9-13(19)18(14(15)20)12-8-10(4-3-7-17)5-6-11(12)16/h5-6,8H,7,9,17H2,1-2H3. The molecule has 1 heterocycles. The molecule has 1 saturated heterocycles. The lowest BCUT2D eigenvalue weighted by Crippen LogP contribution is -2.33. The van der Waals surface area contributed by atoms with Gasteiger partial charge in [0.25, 0.3) is 0 Å². The fourth-order valence-corrected chi connectivity index (χ4v) is 2.31. The van der Waals surface area contributed by atoms with Gasteiger partial charge in [0, 0.05) is 12.0 Å². The first-order valence-electron chi connectivity index (χ1n) is 6.22. The van der Waals surface area contributed by atoms with Gasteiger partial charge in [-0.2, -0.15) is 0 Å². The molecule has 104 valence electrons. The Morgan fingerprint density at radius 2 is 2.10 bits per heavy atom. The SMILES string of the molecule is CC1(C)CC(=O)N(c2cc(C#CCN)ccc2Cl)C1=O. The molecule has 0 bridgehead atoms. The molecular formula is C15H15ClN2O2. The van der Waals surface area contributed by atoms with Crippen molar-refractivity contribution in [1.29, 1.82) is 0 Å². The lowest BCUT2D eigenvalue weighted by atomic mass is 9.92. The molecule has 0 unspecified atom stereocenters. The van der Waals surface area contributed by atoms with Gasteiger partial charge in [0.05, 0.1) is 22.7 Å². The number of hydrogen-bond donors (Lipinski definition) is 1. The largest absolute Gasteiger partial charge is 0.320 e. The molecule has 0 spiro atoms. The van der Waals surface area contributed by atoms with Gasteiger partial charge >= 0.3 is 0 Å². The molecule has 20 heavy (non-hydrogen) atoms. The number of carbonyl (C=O) groups excluding carboxylic acids is 2. The van der Waals surface area contributed by atoms with Gasteiger partial charge < -0.3 is 5.73 Å². The summed E-state index contributed by atoms with van der Waals surface area (Å²) in [5, 5.41) is 0.350. The summed E-state index contributed by atoms with van der Waals surface area (Å²) in [6.45, 7) is 3.74. The number of nitrogens with two attached hydrogens (primary N) is 1. The lowest BCUT2D eigenvalue weighted by Gasteiger charge is -2.19. The minimum Gasteiger partial charge on any atom is -0.320 e. The second-order valence-corrected chi connectivity index (χ2v) is 5.67. The van der Waals surface area contributed by atoms with Crippen molar-refractivity contribution >= 4 is 29.1 Å². The summed E-state index contributed by atoms with van der Waals surface area (Å²) >= 11 is 6.12. The first kappa shape index (κ1) is 14.6. The van der Waals surface area contributed by atoms with E-state index in [1.807, 2.05) is 0 Å². The molecule has 5 heteroatoms. The minimum absolute atomic E-state index is 0.181. The Bertz CT molecular complexity index is 641. The highest BCUT2D eigenvalue weighted by molar-refractivity contribution is 6.36. The first-order valence-corrected chi connectivity index (χ1v) is 6.60. The molecule has 2 rings (SSSR count). The van der Waals surface area contributed by atoms with E-state index in [0.29, 0.717) is 16.3 Å². The Balaban J connectivity index is 2.47. The molecule has 2 amide bonds. The van der Waals surface area contributed by atoms with E-state index in [0.717, 1.165) is 4.90 Å². The summed E-state index contributed by atoms with van der Waals surface area (Å²) in [5.74, 6) is 5.10. The summed E-state index contributed by atoms with van der Waals surface area (Å²) in [7, 11) is 0. The van der Waals surface area contributed by atoms with Gasteiger partial charge in [-0.1, -0.05) is 37.3 Å². The fraction of sp³-hybridized carbons (Fsp3) is 0.333. The van der Waals surface area contributed by atoms with Crippen molar-refractivity contribution < 1.29 is 9.59 Å². The van der Waals surface area contributed by atoms with Crippen LogP contribution in [-0.2, 0) is 9.59 Å². The van der Waals surface area contributed by atoms with E-state index in [4.69, 9.17) is 17.3 Å². The molecule has 0 atom stereocenters. The van der Waals surface area contributed by atoms with E-state index < -0.39 is 5.41 Å². The third-order valence-corrected chi connectivity index (χ3v) is 3.47. The molecule has 1 fully saturated rings. The summed E-state index contributed by atoms with van der Waals surface area (Å²) in [6, 6.07) is 5.00. The Hall–Kier alpha value is -1.83. The second kappa shape index (κ2) is 5.28. The van der Waals surface area contributed by atoms with Gasteiger partial charge in [0.15, 0.2) is 0 Å². The Labute approximate surface area is 122 Å². The smallest absolute Gasteiger partial charge is 0.239 e. The Kier molecular flexibility index (Phi) is 3.85. The molecule has 1 aromatic rings. The monoisotopic (exact) mass is 290 g/mol. The zero-order valence-electron chi connectivity index (χ0n) is 11.4. The van der Waals surface area contributed by atoms with E-state index in [1.165, 1.54) is 0 Å². The van der Waals surface area contributed by atoms with Gasteiger partial charge in [-0.05, 0) is 18.2 Å². The molecule has 4 nitrogen and oxygen atoms in total. The van der Waals surface area contributed by atoms with Crippen LogP contribution in [0.25, 0.3) is 0 Å². The summed E-state index contributed by atoms with van der Waals surface area (Å²) in [5.41, 5.74) is 5.68. The topological polar surface area (TPSA) is 63.4 Å². The quantitative estimate of drug-likeness (QED) is 0.635. The number of nitrogens with zero attached hydrogens (tertiary/aromatic N) is 1. The number of rotatable bonds is 1. The highest BCUT2D eigenvalue weighted by atomic mass is 35.5. The van der Waals surface area contributed by atoms with Crippen LogP contribution in [0.5, 0.6) is 0 Å². The van der Waals surface area contributed by atoms with Crippen LogP contribution in [0.2, 0.25) is 5.02 Å². The maximum Gasteiger partial charge on any atom is 0.239 e. The predicted octanol–water partition coefficient (Wildman–Crippen LogP) is 1.94. The van der Waals surface area contributed by atoms with E-state index in [1.54, 1.807) is 32.0 Å². The minimum atomic E-state index is -0.695. The van der Waals surface area contributed by atoms with Crippen molar-refractivity contribution in [3.63, 3.8) is 0 Å². The number of carbonyl (C=O) groups is 2. The molecule has 2 N–H and O–H groups in total. The third kappa shape index (κ3) is 2.55. The molecule has 0 saturated carbocycles. The molecular weight excluding hydrogens is 276 g/mol. The van der Waals surface area contributed by atoms with E-state index in [2.05, 4.69) is 11.8 Å². The second-order valence-electron chi connectivity index (χ2n) is 5.27. The van der Waals surface area contributed by atoms with Crippen molar-refractivity contribution in [1.82, 2.24) is 0 Å². The Morgan fingerprint density at radius 3 is 2.65 bits per heavy atom. The van der Waals surface area contributed by atoms with Gasteiger partial charge in [0.2, 0.25) is 11.8 Å². The Morgan fingerprint density at radius 1 is 1.40 bits per heavy atom. The average Bonchev–Trinajstić information content (AvgIpc) is 2.58. The zero-order chi connectivity index (χ0) is 14.9. The maximum atomic E-state index is 12.3. The van der Waals surface area contributed by atoms with E-state index in [9.17, 15) is 9.59 Å². The first-order chi connectivity index (χ1) is 9.36. The van der Waals surface area contributed by atoms with Crippen molar-refractivity contribution in [3.05, 3.63) is 28.8 Å². The van der Waals surface area contributed by atoms with Crippen LogP contribution in [0.1, 0.15) is 25.8 Å². The van der Waals surface area contributed by atoms with Crippen LogP contribution in [0.3, 0.4) is 0 Å². The van der Waals surface area contributed by atoms with E-state index in [-0.39, 0.29) is 24.8 Å². The average molecular weight is 291 g/mol. The predicted molar refractivity (Wildman–Crippen MR) is 78.3 cm³/mol. The van der Waals surface area contributed by atoms with Crippen molar-refractivity contribution in [3.8, 4) is 11.8 Å². The number of imide groups is 1. The highest BCUT2D eigenvalue weighted by Gasteiger charge is 2.46. The van der Waals surface area contributed by atoms with Gasteiger partial charge in [-0.15, -0.1) is 0 Å². The molecule has 1 aromatic carbocycles. The zero-order valence-corrected chi connectivity index (χ0v) is 12.1. The maximum absolute atomic E-state index is 12.3. The lowest BCUT2D eigenvalue weighted by molar-refractivity contribution is -0.124. The number of amides is 2. The number of hydrogen-bond acceptors (Lipinski definition) is 3. The van der Waals surface area contributed by atoms with Crippen LogP contribution >= 0.6 is 11.6 Å². The van der Waals surface area contributed by atoms with Crippen LogP contribution in [-0.4, -0.2) is 18.4 Å². The van der Waals surface area contributed by atoms with Gasteiger partial charge in [-0.3, -0.25) is 9.59 Å². The highest BCUT2D eigenvalue weighted by Crippen LogP contribution is 2.38. The molecule has 1 aliphatic rings. The third-order valence-electron chi connectivity index (χ3n) is 3.15. The number of benzene rings is 1. The summed E-state index contributed by atoms with van der Waals surface area (Å²) < 4.78 is 0. The van der Waals surface area contributed by atoms with Crippen molar-refractivity contribution in [2.24, 2.45) is 11.1 Å². The van der Waals surface area contributed by atoms with Gasteiger partial charge in [-0.25, -0.2) is 4.90 Å². The summed E-state index contributed by atoms with van der Waals surface area (Å²) in [6.07, 6.45) is 0.181. The van der Waals surface area contributed by atoms with Crippen molar-refractivity contribution in [2.45, 2.75) is 20.3 Å². The van der Waals surface area contributed by atoms with Crippen LogP contribution < -0.4 is 10.6 Å².